The number of esters is 1. The molecular formula is C28H46O3. The van der Waals surface area contributed by atoms with Crippen molar-refractivity contribution >= 4 is 5.97 Å². The van der Waals surface area contributed by atoms with Crippen LogP contribution in [0, 0.1) is 59.2 Å². The van der Waals surface area contributed by atoms with Crippen LogP contribution in [0.25, 0.3) is 0 Å². The third kappa shape index (κ3) is 4.19. The number of terminal acetylenes is 1. The van der Waals surface area contributed by atoms with Gasteiger partial charge in [-0.15, -0.1) is 12.8 Å². The van der Waals surface area contributed by atoms with Crippen LogP contribution in [0.4, 0.5) is 0 Å². The van der Waals surface area contributed by atoms with E-state index in [1.165, 1.54) is 51.4 Å². The maximum Gasteiger partial charge on any atom is 0.305 e. The van der Waals surface area contributed by atoms with Crippen LogP contribution in [-0.4, -0.2) is 23.8 Å². The fraction of sp³-hybridized carbons (Fsp3) is 0.893. The van der Waals surface area contributed by atoms with E-state index < -0.39 is 0 Å². The van der Waals surface area contributed by atoms with E-state index in [-0.39, 0.29) is 17.5 Å². The molecule has 7 unspecified atom stereocenters. The summed E-state index contributed by atoms with van der Waals surface area (Å²) in [6, 6.07) is 0. The number of carbonyl (C=O) groups excluding carboxylic acids is 1. The first-order valence-electron chi connectivity index (χ1n) is 13.0. The van der Waals surface area contributed by atoms with Gasteiger partial charge in [0.25, 0.3) is 0 Å². The minimum atomic E-state index is -0.177. The first-order valence-corrected chi connectivity index (χ1v) is 13.0. The highest BCUT2D eigenvalue weighted by Gasteiger charge is 2.63. The van der Waals surface area contributed by atoms with Crippen LogP contribution in [-0.2, 0) is 9.53 Å². The summed E-state index contributed by atoms with van der Waals surface area (Å²) in [4.78, 5) is 11.9. The van der Waals surface area contributed by atoms with Crippen molar-refractivity contribution in [2.45, 2.75) is 104 Å². The number of carbonyl (C=O) groups is 1. The average molecular weight is 431 g/mol. The summed E-state index contributed by atoms with van der Waals surface area (Å²) in [5, 5.41) is 11.6. The molecule has 176 valence electrons. The van der Waals surface area contributed by atoms with Crippen LogP contribution >= 0.6 is 0 Å². The van der Waals surface area contributed by atoms with E-state index in [1.807, 2.05) is 6.92 Å². The van der Waals surface area contributed by atoms with E-state index in [0.29, 0.717) is 36.2 Å². The molecule has 31 heavy (non-hydrogen) atoms. The van der Waals surface area contributed by atoms with Crippen LogP contribution in [0.5, 0.6) is 0 Å². The molecule has 3 heteroatoms. The summed E-state index contributed by atoms with van der Waals surface area (Å²) in [7, 11) is 0. The molecule has 3 nitrogen and oxygen atoms in total. The van der Waals surface area contributed by atoms with E-state index in [9.17, 15) is 9.90 Å². The predicted octanol–water partition coefficient (Wildman–Crippen LogP) is 6.24. The van der Waals surface area contributed by atoms with Crippen LogP contribution in [0.1, 0.15) is 98.3 Å². The summed E-state index contributed by atoms with van der Waals surface area (Å²) in [6.45, 7) is 9.65. The fourth-order valence-corrected chi connectivity index (χ4v) is 9.00. The molecular weight excluding hydrogens is 384 g/mol. The Morgan fingerprint density at radius 3 is 2.55 bits per heavy atom. The topological polar surface area (TPSA) is 46.5 Å². The Morgan fingerprint density at radius 2 is 1.84 bits per heavy atom. The van der Waals surface area contributed by atoms with Crippen LogP contribution in [0.2, 0.25) is 0 Å². The monoisotopic (exact) mass is 430 g/mol. The Balaban J connectivity index is 0.00000132. The highest BCUT2D eigenvalue weighted by Crippen LogP contribution is 2.68. The smallest absolute Gasteiger partial charge is 0.305 e. The molecule has 0 aromatic rings. The minimum absolute atomic E-state index is 0.0348. The van der Waals surface area contributed by atoms with Gasteiger partial charge in [-0.25, -0.2) is 0 Å². The molecule has 0 radical (unpaired) electrons. The molecule has 0 aromatic heterocycles. The van der Waals surface area contributed by atoms with E-state index in [2.05, 4.69) is 33.6 Å². The number of hydrogen-bond donors (Lipinski definition) is 1. The molecule has 0 aliphatic heterocycles. The normalized spacial score (nSPS) is 44.6. The number of aliphatic hydroxyl groups excluding tert-OH is 1. The molecule has 0 spiro atoms. The van der Waals surface area contributed by atoms with E-state index in [4.69, 9.17) is 4.74 Å². The van der Waals surface area contributed by atoms with Crippen LogP contribution in [0.15, 0.2) is 0 Å². The first kappa shape index (κ1) is 24.6. The van der Waals surface area contributed by atoms with Crippen molar-refractivity contribution in [2.75, 3.05) is 6.61 Å². The van der Waals surface area contributed by atoms with Gasteiger partial charge in [-0.1, -0.05) is 33.6 Å². The zero-order chi connectivity index (χ0) is 22.8. The lowest BCUT2D eigenvalue weighted by Crippen LogP contribution is -2.58. The lowest BCUT2D eigenvalue weighted by molar-refractivity contribution is -0.168. The van der Waals surface area contributed by atoms with Crippen molar-refractivity contribution in [1.82, 2.24) is 0 Å². The first-order chi connectivity index (χ1) is 14.8. The largest absolute Gasteiger partial charge is 0.466 e. The Bertz CT molecular complexity index is 641. The number of fused-ring (bicyclic) bond motifs is 5. The molecule has 0 saturated heterocycles. The van der Waals surface area contributed by atoms with Gasteiger partial charge in [0, 0.05) is 6.42 Å². The summed E-state index contributed by atoms with van der Waals surface area (Å²) in [5.41, 5.74) is 0.504. The predicted molar refractivity (Wildman–Crippen MR) is 126 cm³/mol. The zero-order valence-electron chi connectivity index (χ0n) is 20.4. The summed E-state index contributed by atoms with van der Waals surface area (Å²) < 4.78 is 5.15. The molecule has 4 rings (SSSR count). The molecule has 9 atom stereocenters. The standard InChI is InChI=1S/C26H44O3.C2H2/c1-5-29-24(28)14-9-17(2)20-12-13-21-19-11-10-18-8-6-7-15-25(18,3)22(19)16-23(27)26(20,21)4;1-2/h17-23,27H,5-16H2,1-4H3;1-2H/t17-,18?,19?,20?,21?,22?,23+,25?,26?;/m1./s1. The van der Waals surface area contributed by atoms with E-state index in [0.717, 1.165) is 30.6 Å². The third-order valence-electron chi connectivity index (χ3n) is 10.6. The van der Waals surface area contributed by atoms with Gasteiger partial charge >= 0.3 is 5.97 Å². The molecule has 4 fully saturated rings. The maximum absolute atomic E-state index is 11.9. The summed E-state index contributed by atoms with van der Waals surface area (Å²) in [6.07, 6.45) is 21.2. The Kier molecular flexibility index (Phi) is 7.83. The number of aliphatic hydroxyl groups is 1. The second-order valence-electron chi connectivity index (χ2n) is 11.5. The van der Waals surface area contributed by atoms with Crippen molar-refractivity contribution in [3.05, 3.63) is 0 Å². The van der Waals surface area contributed by atoms with Gasteiger partial charge in [-0.3, -0.25) is 4.79 Å². The van der Waals surface area contributed by atoms with Gasteiger partial charge in [0.1, 0.15) is 0 Å². The van der Waals surface area contributed by atoms with Gasteiger partial charge in [0.2, 0.25) is 0 Å². The van der Waals surface area contributed by atoms with E-state index >= 15 is 0 Å². The molecule has 0 heterocycles. The lowest BCUT2D eigenvalue weighted by Gasteiger charge is -2.62. The lowest BCUT2D eigenvalue weighted by atomic mass is 9.44. The van der Waals surface area contributed by atoms with Crippen LogP contribution in [0.3, 0.4) is 0 Å². The molecule has 0 bridgehead atoms. The summed E-state index contributed by atoms with van der Waals surface area (Å²) in [5.74, 6) is 4.05. The van der Waals surface area contributed by atoms with Crippen molar-refractivity contribution < 1.29 is 14.6 Å². The second-order valence-corrected chi connectivity index (χ2v) is 11.5. The quantitative estimate of drug-likeness (QED) is 0.415. The molecule has 0 amide bonds. The SMILES string of the molecule is C#C.CCOC(=O)CC[C@@H](C)C1CCC2C3CCC4CCCCC4(C)C3C[C@H](O)C21C. The summed E-state index contributed by atoms with van der Waals surface area (Å²) >= 11 is 0. The number of rotatable bonds is 5. The van der Waals surface area contributed by atoms with Crippen molar-refractivity contribution in [1.29, 1.82) is 0 Å². The second kappa shape index (κ2) is 9.86. The number of hydrogen-bond acceptors (Lipinski definition) is 3. The van der Waals surface area contributed by atoms with Gasteiger partial charge in [0.15, 0.2) is 0 Å². The maximum atomic E-state index is 11.9. The van der Waals surface area contributed by atoms with Gasteiger partial charge in [0.05, 0.1) is 12.7 Å². The fourth-order valence-electron chi connectivity index (χ4n) is 9.00. The Hall–Kier alpha value is -1.01. The average Bonchev–Trinajstić information content (AvgIpc) is 3.13. The van der Waals surface area contributed by atoms with Gasteiger partial charge in [-0.2, -0.15) is 0 Å². The molecule has 4 saturated carbocycles. The van der Waals surface area contributed by atoms with Gasteiger partial charge in [-0.05, 0) is 105 Å². The Labute approximate surface area is 191 Å². The van der Waals surface area contributed by atoms with Crippen molar-refractivity contribution in [3.63, 3.8) is 0 Å². The zero-order valence-corrected chi connectivity index (χ0v) is 20.4. The molecule has 4 aliphatic carbocycles. The molecule has 4 aliphatic rings. The third-order valence-corrected chi connectivity index (χ3v) is 10.6. The molecule has 1 N–H and O–H groups in total. The highest BCUT2D eigenvalue weighted by atomic mass is 16.5. The molecule has 0 aromatic carbocycles. The number of ether oxygens (including phenoxy) is 1. The van der Waals surface area contributed by atoms with Crippen LogP contribution < -0.4 is 0 Å². The van der Waals surface area contributed by atoms with Crippen molar-refractivity contribution in [3.8, 4) is 12.8 Å². The highest BCUT2D eigenvalue weighted by molar-refractivity contribution is 5.69. The van der Waals surface area contributed by atoms with Crippen molar-refractivity contribution in [2.24, 2.45) is 46.3 Å². The minimum Gasteiger partial charge on any atom is -0.466 e. The van der Waals surface area contributed by atoms with Gasteiger partial charge < -0.3 is 9.84 Å². The van der Waals surface area contributed by atoms with E-state index in [1.54, 1.807) is 0 Å². The Morgan fingerprint density at radius 1 is 1.10 bits per heavy atom.